The molecule has 2 atom stereocenters. The third kappa shape index (κ3) is 8.56. The molecule has 1 heterocycles. The van der Waals surface area contributed by atoms with Crippen LogP contribution >= 0.6 is 11.6 Å². The van der Waals surface area contributed by atoms with Gasteiger partial charge in [-0.05, 0) is 41.8 Å². The quantitative estimate of drug-likeness (QED) is 0.192. The number of pyridine rings is 1. The lowest BCUT2D eigenvalue weighted by molar-refractivity contribution is -0.137. The molecule has 3 aromatic carbocycles. The summed E-state index contributed by atoms with van der Waals surface area (Å²) in [6, 6.07) is 22.6. The second kappa shape index (κ2) is 14.2. The second-order valence-corrected chi connectivity index (χ2v) is 12.2. The number of para-hydroxylation sites is 1. The Hall–Kier alpha value is -3.97. The molecule has 0 saturated carbocycles. The normalized spacial score (nSPS) is 13.2. The van der Waals surface area contributed by atoms with Gasteiger partial charge in [-0.25, -0.2) is 17.7 Å². The number of anilines is 2. The first kappa shape index (κ1) is 32.9. The summed E-state index contributed by atoms with van der Waals surface area (Å²) in [7, 11) is -3.91. The number of aliphatic hydroxyl groups is 1. The van der Waals surface area contributed by atoms with Crippen LogP contribution < -0.4 is 14.9 Å². The fraction of sp³-hybridized carbons (Fsp3) is 0.226. The summed E-state index contributed by atoms with van der Waals surface area (Å²) in [6.45, 7) is -0.00739. The van der Waals surface area contributed by atoms with Gasteiger partial charge in [0.05, 0.1) is 40.2 Å². The number of carbonyl (C=O) groups excluding carboxylic acids is 1. The van der Waals surface area contributed by atoms with Gasteiger partial charge in [0, 0.05) is 19.3 Å². The van der Waals surface area contributed by atoms with Gasteiger partial charge in [-0.2, -0.15) is 13.2 Å². The highest BCUT2D eigenvalue weighted by Crippen LogP contribution is 2.34. The van der Waals surface area contributed by atoms with Crippen molar-refractivity contribution >= 4 is 39.0 Å². The zero-order valence-corrected chi connectivity index (χ0v) is 25.1. The van der Waals surface area contributed by atoms with Crippen LogP contribution in [0.15, 0.2) is 97.2 Å². The van der Waals surface area contributed by atoms with Crippen molar-refractivity contribution in [3.63, 3.8) is 0 Å². The summed E-state index contributed by atoms with van der Waals surface area (Å²) in [4.78, 5) is 17.7. The number of hydrogen-bond donors (Lipinski definition) is 3. The van der Waals surface area contributed by atoms with Gasteiger partial charge in [0.1, 0.15) is 0 Å². The number of benzene rings is 3. The molecular formula is C31H30ClF3N4O4S. The Kier molecular flexibility index (Phi) is 10.6. The molecular weight excluding hydrogens is 617 g/mol. The maximum atomic E-state index is 13.5. The Labute approximate surface area is 258 Å². The van der Waals surface area contributed by atoms with Crippen LogP contribution in [0.2, 0.25) is 5.02 Å². The molecule has 13 heteroatoms. The highest BCUT2D eigenvalue weighted by Gasteiger charge is 2.31. The SMILES string of the molecule is CS(=O)(=O)N(c1ccccc1)c1nccc(C(=O)N[C@@H](Cc2ccccc2)[C@H](O)CNCc2cccc(C(F)(F)F)c2)c1Cl. The monoisotopic (exact) mass is 646 g/mol. The van der Waals surface area contributed by atoms with E-state index in [4.69, 9.17) is 11.6 Å². The molecule has 0 radical (unpaired) electrons. The third-order valence-electron chi connectivity index (χ3n) is 6.65. The van der Waals surface area contributed by atoms with Gasteiger partial charge in [0.25, 0.3) is 5.91 Å². The molecule has 0 aliphatic heterocycles. The Morgan fingerprint density at radius 3 is 2.25 bits per heavy atom. The zero-order valence-electron chi connectivity index (χ0n) is 23.5. The van der Waals surface area contributed by atoms with Crippen molar-refractivity contribution in [1.29, 1.82) is 0 Å². The summed E-state index contributed by atoms with van der Waals surface area (Å²) in [5, 5.41) is 16.6. The first-order chi connectivity index (χ1) is 20.8. The number of alkyl halides is 3. The van der Waals surface area contributed by atoms with Crippen LogP contribution in [0, 0.1) is 0 Å². The summed E-state index contributed by atoms with van der Waals surface area (Å²) in [6.07, 6.45) is -3.18. The van der Waals surface area contributed by atoms with E-state index in [0.29, 0.717) is 5.56 Å². The van der Waals surface area contributed by atoms with Crippen molar-refractivity contribution in [2.75, 3.05) is 17.1 Å². The van der Waals surface area contributed by atoms with Gasteiger partial charge in [0.15, 0.2) is 5.82 Å². The number of aliphatic hydroxyl groups excluding tert-OH is 1. The number of nitrogens with one attached hydrogen (secondary N) is 2. The molecule has 232 valence electrons. The van der Waals surface area contributed by atoms with Gasteiger partial charge in [-0.1, -0.05) is 78.3 Å². The summed E-state index contributed by atoms with van der Waals surface area (Å²) < 4.78 is 65.7. The average molecular weight is 647 g/mol. The Morgan fingerprint density at radius 2 is 1.61 bits per heavy atom. The maximum absolute atomic E-state index is 13.5. The van der Waals surface area contributed by atoms with Crippen LogP contribution in [-0.2, 0) is 29.2 Å². The van der Waals surface area contributed by atoms with Crippen molar-refractivity contribution in [1.82, 2.24) is 15.6 Å². The lowest BCUT2D eigenvalue weighted by Crippen LogP contribution is -2.48. The van der Waals surface area contributed by atoms with E-state index in [1.54, 1.807) is 30.3 Å². The molecule has 4 aromatic rings. The summed E-state index contributed by atoms with van der Waals surface area (Å²) in [5.74, 6) is -0.853. The number of nitrogens with zero attached hydrogens (tertiary/aromatic N) is 2. The third-order valence-corrected chi connectivity index (χ3v) is 8.07. The van der Waals surface area contributed by atoms with Crippen LogP contribution in [0.3, 0.4) is 0 Å². The minimum Gasteiger partial charge on any atom is -0.390 e. The average Bonchev–Trinajstić information content (AvgIpc) is 2.98. The number of aromatic nitrogens is 1. The van der Waals surface area contributed by atoms with Gasteiger partial charge < -0.3 is 15.7 Å². The van der Waals surface area contributed by atoms with Gasteiger partial charge in [-0.15, -0.1) is 0 Å². The molecule has 3 N–H and O–H groups in total. The molecule has 0 bridgehead atoms. The molecule has 0 aliphatic rings. The Morgan fingerprint density at radius 1 is 0.977 bits per heavy atom. The molecule has 1 amide bonds. The fourth-order valence-electron chi connectivity index (χ4n) is 4.55. The van der Waals surface area contributed by atoms with E-state index in [9.17, 15) is 31.5 Å². The number of halogens is 4. The van der Waals surface area contributed by atoms with Crippen LogP contribution in [-0.4, -0.2) is 49.4 Å². The molecule has 1 aromatic heterocycles. The minimum absolute atomic E-state index is 0.0489. The van der Waals surface area contributed by atoms with E-state index in [1.807, 2.05) is 30.3 Å². The smallest absolute Gasteiger partial charge is 0.390 e. The lowest BCUT2D eigenvalue weighted by Gasteiger charge is -2.26. The molecule has 44 heavy (non-hydrogen) atoms. The summed E-state index contributed by atoms with van der Waals surface area (Å²) in [5.41, 5.74) is 0.612. The fourth-order valence-corrected chi connectivity index (χ4v) is 5.84. The molecule has 4 rings (SSSR count). The van der Waals surface area contributed by atoms with Crippen molar-refractivity contribution in [3.8, 4) is 0 Å². The van der Waals surface area contributed by atoms with Gasteiger partial charge in [-0.3, -0.25) is 4.79 Å². The first-order valence-electron chi connectivity index (χ1n) is 13.4. The van der Waals surface area contributed by atoms with Crippen molar-refractivity contribution in [2.45, 2.75) is 31.3 Å². The highest BCUT2D eigenvalue weighted by molar-refractivity contribution is 7.92. The molecule has 0 aliphatic carbocycles. The summed E-state index contributed by atoms with van der Waals surface area (Å²) >= 11 is 6.59. The van der Waals surface area contributed by atoms with E-state index in [2.05, 4.69) is 15.6 Å². The van der Waals surface area contributed by atoms with Crippen LogP contribution in [0.25, 0.3) is 0 Å². The molecule has 0 fully saturated rings. The van der Waals surface area contributed by atoms with Crippen molar-refractivity contribution in [3.05, 3.63) is 124 Å². The predicted molar refractivity (Wildman–Crippen MR) is 163 cm³/mol. The van der Waals surface area contributed by atoms with Crippen LogP contribution in [0.4, 0.5) is 24.7 Å². The second-order valence-electron chi connectivity index (χ2n) is 10.0. The Balaban J connectivity index is 1.55. The van der Waals surface area contributed by atoms with E-state index >= 15 is 0 Å². The van der Waals surface area contributed by atoms with E-state index in [0.717, 1.165) is 28.3 Å². The standard InChI is InChI=1S/C31H30ClF3N4O4S/c1-44(42,43)39(24-13-6-3-7-14-24)29-28(32)25(15-16-37-29)30(41)38-26(18-21-9-4-2-5-10-21)27(40)20-36-19-22-11-8-12-23(17-22)31(33,34)35/h2-17,26-27,36,40H,18-20H2,1H3,(H,38,41)/t26-,27+/m0/s1. The first-order valence-corrected chi connectivity index (χ1v) is 15.7. The Bertz CT molecular complexity index is 1680. The molecule has 0 saturated heterocycles. The molecule has 0 unspecified atom stereocenters. The van der Waals surface area contributed by atoms with E-state index in [1.165, 1.54) is 24.4 Å². The zero-order chi connectivity index (χ0) is 31.9. The van der Waals surface area contributed by atoms with Crippen LogP contribution in [0.1, 0.15) is 27.0 Å². The largest absolute Gasteiger partial charge is 0.416 e. The number of rotatable bonds is 12. The van der Waals surface area contributed by atoms with Gasteiger partial charge in [0.2, 0.25) is 10.0 Å². The lowest BCUT2D eigenvalue weighted by atomic mass is 10.0. The van der Waals surface area contributed by atoms with Crippen LogP contribution in [0.5, 0.6) is 0 Å². The maximum Gasteiger partial charge on any atom is 0.416 e. The van der Waals surface area contributed by atoms with Crippen molar-refractivity contribution < 1.29 is 31.5 Å². The predicted octanol–water partition coefficient (Wildman–Crippen LogP) is 5.34. The number of amides is 1. The highest BCUT2D eigenvalue weighted by atomic mass is 35.5. The molecule has 8 nitrogen and oxygen atoms in total. The van der Waals surface area contributed by atoms with Crippen molar-refractivity contribution in [2.24, 2.45) is 0 Å². The van der Waals surface area contributed by atoms with Gasteiger partial charge >= 0.3 is 6.18 Å². The number of sulfonamides is 1. The minimum atomic E-state index is -4.48. The van der Waals surface area contributed by atoms with E-state index < -0.39 is 39.8 Å². The molecule has 0 spiro atoms. The number of carbonyl (C=O) groups is 1. The topological polar surface area (TPSA) is 112 Å². The number of hydrogen-bond acceptors (Lipinski definition) is 6. The van der Waals surface area contributed by atoms with E-state index in [-0.39, 0.29) is 41.6 Å².